The van der Waals surface area contributed by atoms with Crippen molar-refractivity contribution in [2.24, 2.45) is 5.92 Å². The summed E-state index contributed by atoms with van der Waals surface area (Å²) in [5, 5.41) is 0.841. The molecule has 1 aromatic carbocycles. The molecule has 3 atom stereocenters. The molecule has 0 saturated carbocycles. The molecule has 0 bridgehead atoms. The average molecular weight is 415 g/mol. The lowest BCUT2D eigenvalue weighted by atomic mass is 9.89. The van der Waals surface area contributed by atoms with Gasteiger partial charge in [-0.25, -0.2) is 4.98 Å². The number of aryl methyl sites for hydroxylation is 1. The summed E-state index contributed by atoms with van der Waals surface area (Å²) in [7, 11) is 2.17. The first kappa shape index (κ1) is 19.7. The van der Waals surface area contributed by atoms with Crippen molar-refractivity contribution in [3.05, 3.63) is 56.4 Å². The molecule has 148 valence electrons. The molecule has 3 aromatic rings. The van der Waals surface area contributed by atoms with Gasteiger partial charge in [0.1, 0.15) is 17.4 Å². The van der Waals surface area contributed by atoms with Gasteiger partial charge in [-0.05, 0) is 56.1 Å². The van der Waals surface area contributed by atoms with Crippen LogP contribution in [0.15, 0.2) is 34.0 Å². The average Bonchev–Trinajstić information content (AvgIpc) is 3.05. The van der Waals surface area contributed by atoms with Crippen LogP contribution in [0.2, 0.25) is 0 Å². The zero-order valence-electron chi connectivity index (χ0n) is 17.0. The van der Waals surface area contributed by atoms with Gasteiger partial charge in [-0.15, -0.1) is 23.1 Å². The number of benzene rings is 1. The van der Waals surface area contributed by atoms with E-state index in [0.29, 0.717) is 5.92 Å². The molecule has 28 heavy (non-hydrogen) atoms. The van der Waals surface area contributed by atoms with Crippen molar-refractivity contribution in [3.63, 3.8) is 0 Å². The number of H-pyrrole nitrogens is 1. The summed E-state index contributed by atoms with van der Waals surface area (Å²) in [6.45, 7) is 5.34. The number of fused-ring (bicyclic) bond motifs is 3. The van der Waals surface area contributed by atoms with Crippen molar-refractivity contribution in [3.8, 4) is 0 Å². The van der Waals surface area contributed by atoms with E-state index in [1.165, 1.54) is 32.2 Å². The van der Waals surface area contributed by atoms with Crippen molar-refractivity contribution in [1.82, 2.24) is 9.97 Å². The van der Waals surface area contributed by atoms with E-state index in [1.54, 1.807) is 23.1 Å². The van der Waals surface area contributed by atoms with Crippen LogP contribution in [-0.4, -0.2) is 23.3 Å². The Bertz CT molecular complexity index is 1040. The molecule has 1 aliphatic rings. The van der Waals surface area contributed by atoms with Crippen molar-refractivity contribution in [1.29, 1.82) is 0 Å². The second-order valence-electron chi connectivity index (χ2n) is 8.08. The van der Waals surface area contributed by atoms with Crippen LogP contribution in [-0.2, 0) is 19.4 Å². The lowest BCUT2D eigenvalue weighted by molar-refractivity contribution is -0.924. The Labute approximate surface area is 174 Å². The third-order valence-corrected chi connectivity index (χ3v) is 7.87. The van der Waals surface area contributed by atoms with Gasteiger partial charge in [0.15, 0.2) is 5.82 Å². The molecule has 0 fully saturated rings. The Morgan fingerprint density at radius 2 is 2.11 bits per heavy atom. The Hall–Kier alpha value is -1.63. The third-order valence-electron chi connectivity index (χ3n) is 5.98. The molecule has 2 heterocycles. The second-order valence-corrected chi connectivity index (χ2v) is 10.0. The van der Waals surface area contributed by atoms with Crippen LogP contribution >= 0.6 is 23.1 Å². The zero-order chi connectivity index (χ0) is 19.8. The number of nitrogens with one attached hydrogen (secondary N) is 2. The molecule has 0 saturated heterocycles. The molecular weight excluding hydrogens is 386 g/mol. The molecular formula is C22H28N3OS2+. The zero-order valence-corrected chi connectivity index (χ0v) is 18.6. The molecule has 0 spiro atoms. The molecule has 0 radical (unpaired) electrons. The molecule has 2 aromatic heterocycles. The number of hydrogen-bond donors (Lipinski definition) is 2. The summed E-state index contributed by atoms with van der Waals surface area (Å²) in [6.07, 6.45) is 5.35. The lowest BCUT2D eigenvalue weighted by Crippen LogP contribution is -3.07. The highest BCUT2D eigenvalue weighted by molar-refractivity contribution is 7.98. The fourth-order valence-electron chi connectivity index (χ4n) is 4.02. The maximum atomic E-state index is 12.9. The summed E-state index contributed by atoms with van der Waals surface area (Å²) in [4.78, 5) is 25.7. The third kappa shape index (κ3) is 3.78. The van der Waals surface area contributed by atoms with Gasteiger partial charge in [0.05, 0.1) is 12.4 Å². The highest BCUT2D eigenvalue weighted by Crippen LogP contribution is 2.35. The molecule has 4 nitrogen and oxygen atoms in total. The summed E-state index contributed by atoms with van der Waals surface area (Å²) in [5.41, 5.74) is 2.59. The normalized spacial score (nSPS) is 18.8. The van der Waals surface area contributed by atoms with Crippen LogP contribution in [0.1, 0.15) is 48.1 Å². The molecule has 6 heteroatoms. The summed E-state index contributed by atoms with van der Waals surface area (Å²) in [5.74, 6) is 1.49. The first-order chi connectivity index (χ1) is 13.5. The summed E-state index contributed by atoms with van der Waals surface area (Å²) < 4.78 is 0. The summed E-state index contributed by atoms with van der Waals surface area (Å²) >= 11 is 3.48. The fraction of sp³-hybridized carbons (Fsp3) is 0.455. The number of quaternary nitrogens is 1. The van der Waals surface area contributed by atoms with Gasteiger partial charge in [-0.3, -0.25) is 4.79 Å². The van der Waals surface area contributed by atoms with Crippen LogP contribution in [0.4, 0.5) is 0 Å². The Kier molecular flexibility index (Phi) is 5.63. The predicted molar refractivity (Wildman–Crippen MR) is 119 cm³/mol. The lowest BCUT2D eigenvalue weighted by Gasteiger charge is -2.21. The number of rotatable bonds is 5. The van der Waals surface area contributed by atoms with E-state index in [1.807, 2.05) is 0 Å². The first-order valence-corrected chi connectivity index (χ1v) is 12.0. The van der Waals surface area contributed by atoms with Gasteiger partial charge in [0, 0.05) is 15.3 Å². The Morgan fingerprint density at radius 3 is 2.82 bits per heavy atom. The standard InChI is InChI=1S/C22H27N3OS2/c1-13-5-10-17-18(11-13)28-22-19(17)21(26)23-20(24-22)14(2)25(3)12-15-6-8-16(27-4)9-7-15/h6-9,13-14H,5,10-12H2,1-4H3,(H,23,24,26)/p+1/t13-,14+/m0/s1. The van der Waals surface area contributed by atoms with Crippen molar-refractivity contribution < 1.29 is 4.90 Å². The monoisotopic (exact) mass is 414 g/mol. The van der Waals surface area contributed by atoms with Gasteiger partial charge in [0.25, 0.3) is 5.56 Å². The van der Waals surface area contributed by atoms with Crippen molar-refractivity contribution >= 4 is 33.3 Å². The van der Waals surface area contributed by atoms with E-state index in [-0.39, 0.29) is 11.6 Å². The van der Waals surface area contributed by atoms with E-state index >= 15 is 0 Å². The number of nitrogens with zero attached hydrogens (tertiary/aromatic N) is 1. The van der Waals surface area contributed by atoms with Crippen molar-refractivity contribution in [2.45, 2.75) is 50.6 Å². The van der Waals surface area contributed by atoms with Crippen molar-refractivity contribution in [2.75, 3.05) is 13.3 Å². The van der Waals surface area contributed by atoms with Gasteiger partial charge in [0.2, 0.25) is 0 Å². The molecule has 0 aliphatic heterocycles. The summed E-state index contributed by atoms with van der Waals surface area (Å²) in [6, 6.07) is 8.84. The van der Waals surface area contributed by atoms with Crippen LogP contribution in [0.5, 0.6) is 0 Å². The minimum Gasteiger partial charge on any atom is -0.325 e. The highest BCUT2D eigenvalue weighted by atomic mass is 32.2. The molecule has 1 aliphatic carbocycles. The van der Waals surface area contributed by atoms with E-state index in [9.17, 15) is 4.79 Å². The quantitative estimate of drug-likeness (QED) is 0.627. The van der Waals surface area contributed by atoms with E-state index in [4.69, 9.17) is 4.98 Å². The SMILES string of the molecule is CSc1ccc(C[NH+](C)[C@H](C)c2nc3sc4c(c3c(=O)[nH]2)CC[C@H](C)C4)cc1. The molecule has 0 amide bonds. The maximum absolute atomic E-state index is 12.9. The minimum absolute atomic E-state index is 0.0380. The Morgan fingerprint density at radius 1 is 1.36 bits per heavy atom. The van der Waals surface area contributed by atoms with Crippen LogP contribution < -0.4 is 10.5 Å². The van der Waals surface area contributed by atoms with Gasteiger partial charge in [-0.2, -0.15) is 0 Å². The molecule has 2 N–H and O–H groups in total. The Balaban J connectivity index is 1.59. The van der Waals surface area contributed by atoms with E-state index in [2.05, 4.69) is 56.4 Å². The topological polar surface area (TPSA) is 50.2 Å². The van der Waals surface area contributed by atoms with Gasteiger partial charge >= 0.3 is 0 Å². The maximum Gasteiger partial charge on any atom is 0.260 e. The largest absolute Gasteiger partial charge is 0.325 e. The van der Waals surface area contributed by atoms with Crippen LogP contribution in [0.3, 0.4) is 0 Å². The molecule has 4 rings (SSSR count). The predicted octanol–water partition coefficient (Wildman–Crippen LogP) is 3.61. The van der Waals surface area contributed by atoms with E-state index in [0.717, 1.165) is 35.4 Å². The smallest absolute Gasteiger partial charge is 0.260 e. The number of thiophene rings is 1. The number of hydrogen-bond acceptors (Lipinski definition) is 4. The number of aromatic amines is 1. The van der Waals surface area contributed by atoms with Gasteiger partial charge in [-0.1, -0.05) is 19.1 Å². The van der Waals surface area contributed by atoms with E-state index < -0.39 is 0 Å². The fourth-order valence-corrected chi connectivity index (χ4v) is 5.82. The van der Waals surface area contributed by atoms with Crippen LogP contribution in [0.25, 0.3) is 10.2 Å². The van der Waals surface area contributed by atoms with Gasteiger partial charge < -0.3 is 9.88 Å². The van der Waals surface area contributed by atoms with Crippen LogP contribution in [0, 0.1) is 5.92 Å². The minimum atomic E-state index is 0.0380. The second kappa shape index (κ2) is 8.01. The number of thioether (sulfide) groups is 1. The number of aromatic nitrogens is 2. The molecule has 1 unspecified atom stereocenters. The first-order valence-electron chi connectivity index (χ1n) is 9.96. The highest BCUT2D eigenvalue weighted by Gasteiger charge is 2.25.